The van der Waals surface area contributed by atoms with E-state index in [2.05, 4.69) is 9.27 Å². The van der Waals surface area contributed by atoms with Crippen LogP contribution in [0.4, 0.5) is 0 Å². The van der Waals surface area contributed by atoms with Crippen LogP contribution in [0.3, 0.4) is 0 Å². The number of likely N-dealkylation sites (N-methyl/N-ethyl adjacent to an activating group) is 1. The van der Waals surface area contributed by atoms with Crippen molar-refractivity contribution in [2.45, 2.75) is 18.9 Å². The van der Waals surface area contributed by atoms with Gasteiger partial charge in [0.1, 0.15) is 11.4 Å². The van der Waals surface area contributed by atoms with E-state index in [0.29, 0.717) is 17.7 Å². The zero-order chi connectivity index (χ0) is 16.0. The standard InChI is InChI=1S/C17H21N3O2S/c1-19(14-10-20-7-5-11(14)6-8-20)17(21)16-13-4-3-12(22-2)9-15(13)23-18-16/h3-4,9,11,14H,5-8,10H2,1-2H3/t14-/m0/s1. The Morgan fingerprint density at radius 1 is 1.39 bits per heavy atom. The van der Waals surface area contributed by atoms with E-state index in [1.54, 1.807) is 7.11 Å². The molecule has 0 aliphatic carbocycles. The van der Waals surface area contributed by atoms with Gasteiger partial charge >= 0.3 is 0 Å². The number of hydrogen-bond acceptors (Lipinski definition) is 5. The fraction of sp³-hybridized carbons (Fsp3) is 0.529. The molecule has 1 aromatic heterocycles. The molecule has 3 aliphatic heterocycles. The number of carbonyl (C=O) groups is 1. The van der Waals surface area contributed by atoms with Crippen molar-refractivity contribution in [2.75, 3.05) is 33.8 Å². The van der Waals surface area contributed by atoms with Gasteiger partial charge in [-0.05, 0) is 61.6 Å². The molecule has 5 nitrogen and oxygen atoms in total. The Labute approximate surface area is 140 Å². The minimum absolute atomic E-state index is 0.0418. The average Bonchev–Trinajstić information content (AvgIpc) is 3.04. The van der Waals surface area contributed by atoms with Gasteiger partial charge in [-0.3, -0.25) is 4.79 Å². The Kier molecular flexibility index (Phi) is 3.73. The van der Waals surface area contributed by atoms with Crippen LogP contribution in [0.5, 0.6) is 5.75 Å². The molecule has 1 aromatic carbocycles. The maximum absolute atomic E-state index is 13.0. The summed E-state index contributed by atoms with van der Waals surface area (Å²) in [5.74, 6) is 1.48. The van der Waals surface area contributed by atoms with Crippen LogP contribution < -0.4 is 4.74 Å². The molecule has 0 radical (unpaired) electrons. The molecular formula is C17H21N3O2S. The highest BCUT2D eigenvalue weighted by Crippen LogP contribution is 2.32. The number of aromatic nitrogens is 1. The first-order valence-electron chi connectivity index (χ1n) is 8.10. The van der Waals surface area contributed by atoms with Gasteiger partial charge in [0.05, 0.1) is 11.8 Å². The van der Waals surface area contributed by atoms with E-state index in [4.69, 9.17) is 4.74 Å². The predicted octanol–water partition coefficient (Wildman–Crippen LogP) is 2.47. The minimum Gasteiger partial charge on any atom is -0.497 e. The van der Waals surface area contributed by atoms with E-state index in [0.717, 1.165) is 22.4 Å². The van der Waals surface area contributed by atoms with E-state index < -0.39 is 0 Å². The summed E-state index contributed by atoms with van der Waals surface area (Å²) in [4.78, 5) is 17.4. The normalized spacial score (nSPS) is 26.4. The van der Waals surface area contributed by atoms with Gasteiger partial charge in [0.15, 0.2) is 0 Å². The van der Waals surface area contributed by atoms with Crippen LogP contribution in [0.1, 0.15) is 23.3 Å². The summed E-state index contributed by atoms with van der Waals surface area (Å²) in [7, 11) is 3.58. The largest absolute Gasteiger partial charge is 0.497 e. The molecule has 6 heteroatoms. The number of rotatable bonds is 3. The molecule has 3 saturated heterocycles. The quantitative estimate of drug-likeness (QED) is 0.867. The summed E-state index contributed by atoms with van der Waals surface area (Å²) in [6.45, 7) is 3.37. The third-order valence-electron chi connectivity index (χ3n) is 5.32. The second-order valence-electron chi connectivity index (χ2n) is 6.51. The van der Waals surface area contributed by atoms with Gasteiger partial charge in [0.25, 0.3) is 5.91 Å². The number of fused-ring (bicyclic) bond motifs is 4. The summed E-state index contributed by atoms with van der Waals surface area (Å²) in [5.41, 5.74) is 0.576. The number of piperidine rings is 3. The summed E-state index contributed by atoms with van der Waals surface area (Å²) in [6, 6.07) is 6.09. The van der Waals surface area contributed by atoms with Crippen LogP contribution in [0.25, 0.3) is 10.1 Å². The third kappa shape index (κ3) is 2.50. The molecule has 3 fully saturated rings. The van der Waals surface area contributed by atoms with Crippen molar-refractivity contribution in [3.8, 4) is 5.75 Å². The minimum atomic E-state index is 0.0418. The molecule has 3 aliphatic rings. The van der Waals surface area contributed by atoms with Gasteiger partial charge in [0, 0.05) is 25.0 Å². The lowest BCUT2D eigenvalue weighted by Crippen LogP contribution is -2.57. The second-order valence-corrected chi connectivity index (χ2v) is 7.32. The highest BCUT2D eigenvalue weighted by molar-refractivity contribution is 7.13. The van der Waals surface area contributed by atoms with Crippen molar-refractivity contribution in [3.05, 3.63) is 23.9 Å². The van der Waals surface area contributed by atoms with Crippen molar-refractivity contribution < 1.29 is 9.53 Å². The highest BCUT2D eigenvalue weighted by Gasteiger charge is 2.38. The van der Waals surface area contributed by atoms with E-state index in [1.807, 2.05) is 30.1 Å². The summed E-state index contributed by atoms with van der Waals surface area (Å²) >= 11 is 1.36. The first kappa shape index (κ1) is 14.9. The topological polar surface area (TPSA) is 45.7 Å². The van der Waals surface area contributed by atoms with Crippen LogP contribution in [0, 0.1) is 5.92 Å². The Balaban J connectivity index is 1.61. The molecule has 23 heavy (non-hydrogen) atoms. The molecule has 0 spiro atoms. The summed E-state index contributed by atoms with van der Waals surface area (Å²) in [6.07, 6.45) is 2.41. The lowest BCUT2D eigenvalue weighted by atomic mass is 9.83. The monoisotopic (exact) mass is 331 g/mol. The molecule has 1 atom stereocenters. The van der Waals surface area contributed by atoms with Crippen molar-refractivity contribution >= 4 is 27.5 Å². The fourth-order valence-corrected chi connectivity index (χ4v) is 4.69. The Bertz CT molecular complexity index is 737. The van der Waals surface area contributed by atoms with Crippen LogP contribution >= 0.6 is 11.5 Å². The lowest BCUT2D eigenvalue weighted by molar-refractivity contribution is 0.0161. The predicted molar refractivity (Wildman–Crippen MR) is 91.2 cm³/mol. The highest BCUT2D eigenvalue weighted by atomic mass is 32.1. The van der Waals surface area contributed by atoms with Gasteiger partial charge in [-0.1, -0.05) is 0 Å². The average molecular weight is 331 g/mol. The van der Waals surface area contributed by atoms with Crippen LogP contribution in [0.15, 0.2) is 18.2 Å². The van der Waals surface area contributed by atoms with Gasteiger partial charge in [-0.15, -0.1) is 0 Å². The molecule has 4 heterocycles. The van der Waals surface area contributed by atoms with Gasteiger partial charge in [-0.25, -0.2) is 0 Å². The number of amides is 1. The van der Waals surface area contributed by atoms with Crippen LogP contribution in [-0.4, -0.2) is 59.9 Å². The van der Waals surface area contributed by atoms with Crippen molar-refractivity contribution in [1.29, 1.82) is 0 Å². The molecule has 0 saturated carbocycles. The van der Waals surface area contributed by atoms with E-state index in [1.165, 1.54) is 37.5 Å². The number of hydrogen-bond donors (Lipinski definition) is 0. The zero-order valence-corrected chi connectivity index (χ0v) is 14.3. The number of methoxy groups -OCH3 is 1. The number of ether oxygens (including phenoxy) is 1. The Morgan fingerprint density at radius 3 is 2.83 bits per heavy atom. The Morgan fingerprint density at radius 2 is 2.17 bits per heavy atom. The van der Waals surface area contributed by atoms with Crippen molar-refractivity contribution in [1.82, 2.24) is 14.2 Å². The Hall–Kier alpha value is -1.66. The summed E-state index contributed by atoms with van der Waals surface area (Å²) < 4.78 is 10.7. The molecule has 5 rings (SSSR count). The lowest BCUT2D eigenvalue weighted by Gasteiger charge is -2.47. The first-order chi connectivity index (χ1) is 11.2. The van der Waals surface area contributed by atoms with Crippen molar-refractivity contribution in [3.63, 3.8) is 0 Å². The van der Waals surface area contributed by atoms with Gasteiger partial charge in [-0.2, -0.15) is 4.37 Å². The zero-order valence-electron chi connectivity index (χ0n) is 13.5. The smallest absolute Gasteiger partial charge is 0.274 e. The maximum atomic E-state index is 13.0. The fourth-order valence-electron chi connectivity index (χ4n) is 3.89. The molecule has 2 aromatic rings. The molecule has 0 unspecified atom stereocenters. The van der Waals surface area contributed by atoms with E-state index >= 15 is 0 Å². The molecule has 1 amide bonds. The summed E-state index contributed by atoms with van der Waals surface area (Å²) in [5, 5.41) is 0.925. The number of carbonyl (C=O) groups excluding carboxylic acids is 1. The third-order valence-corrected chi connectivity index (χ3v) is 6.13. The van der Waals surface area contributed by atoms with Gasteiger partial charge < -0.3 is 14.5 Å². The molecule has 0 N–H and O–H groups in total. The van der Waals surface area contributed by atoms with Gasteiger partial charge in [0.2, 0.25) is 0 Å². The van der Waals surface area contributed by atoms with E-state index in [9.17, 15) is 4.79 Å². The van der Waals surface area contributed by atoms with Crippen molar-refractivity contribution in [2.24, 2.45) is 5.92 Å². The second kappa shape index (κ2) is 5.76. The first-order valence-corrected chi connectivity index (χ1v) is 8.87. The van der Waals surface area contributed by atoms with E-state index in [-0.39, 0.29) is 5.91 Å². The SMILES string of the molecule is COc1ccc2c(C(=O)N(C)[C@H]3CN4CCC3CC4)nsc2c1. The number of benzene rings is 1. The maximum Gasteiger partial charge on any atom is 0.274 e. The van der Waals surface area contributed by atoms with Crippen LogP contribution in [0.2, 0.25) is 0 Å². The molecule has 122 valence electrons. The molecule has 2 bridgehead atoms. The molecular weight excluding hydrogens is 310 g/mol. The van der Waals surface area contributed by atoms with Crippen LogP contribution in [-0.2, 0) is 0 Å². The number of nitrogens with zero attached hydrogens (tertiary/aromatic N) is 3.